The zero-order chi connectivity index (χ0) is 14.5. The second kappa shape index (κ2) is 6.57. The van der Waals surface area contributed by atoms with Crippen molar-refractivity contribution in [3.05, 3.63) is 47.3 Å². The first-order chi connectivity index (χ1) is 9.65. The summed E-state index contributed by atoms with van der Waals surface area (Å²) in [4.78, 5) is 0. The molecular weight excluding hydrogens is 250 g/mol. The minimum absolute atomic E-state index is 0.278. The van der Waals surface area contributed by atoms with Gasteiger partial charge in [-0.2, -0.15) is 5.10 Å². The molecule has 0 aliphatic heterocycles. The summed E-state index contributed by atoms with van der Waals surface area (Å²) in [6.45, 7) is 2.08. The molecule has 1 heterocycles. The molecule has 4 nitrogen and oxygen atoms in total. The van der Waals surface area contributed by atoms with Gasteiger partial charge in [0.1, 0.15) is 5.75 Å². The third kappa shape index (κ3) is 3.20. The van der Waals surface area contributed by atoms with Crippen molar-refractivity contribution in [2.75, 3.05) is 14.2 Å². The second-order valence-corrected chi connectivity index (χ2v) is 5.07. The van der Waals surface area contributed by atoms with Gasteiger partial charge in [-0.05, 0) is 44.5 Å². The second-order valence-electron chi connectivity index (χ2n) is 5.07. The van der Waals surface area contributed by atoms with E-state index in [4.69, 9.17) is 4.74 Å². The third-order valence-electron chi connectivity index (χ3n) is 3.72. The molecule has 0 saturated carbocycles. The summed E-state index contributed by atoms with van der Waals surface area (Å²) < 4.78 is 7.44. The van der Waals surface area contributed by atoms with Gasteiger partial charge in [0.25, 0.3) is 0 Å². The highest BCUT2D eigenvalue weighted by Crippen LogP contribution is 2.28. The van der Waals surface area contributed by atoms with Crippen molar-refractivity contribution in [3.8, 4) is 5.75 Å². The van der Waals surface area contributed by atoms with E-state index in [1.54, 1.807) is 7.11 Å². The molecule has 0 spiro atoms. The Bertz CT molecular complexity index is 563. The van der Waals surface area contributed by atoms with Crippen LogP contribution in [0.4, 0.5) is 0 Å². The van der Waals surface area contributed by atoms with Gasteiger partial charge in [0, 0.05) is 30.5 Å². The number of nitrogens with one attached hydrogen (secondary N) is 1. The normalized spacial score (nSPS) is 12.4. The minimum Gasteiger partial charge on any atom is -0.496 e. The van der Waals surface area contributed by atoms with Gasteiger partial charge in [0.2, 0.25) is 0 Å². The van der Waals surface area contributed by atoms with Gasteiger partial charge < -0.3 is 10.1 Å². The van der Waals surface area contributed by atoms with E-state index in [9.17, 15) is 0 Å². The van der Waals surface area contributed by atoms with Gasteiger partial charge >= 0.3 is 0 Å². The number of benzene rings is 1. The van der Waals surface area contributed by atoms with Gasteiger partial charge in [0.15, 0.2) is 0 Å². The molecule has 1 N–H and O–H groups in total. The monoisotopic (exact) mass is 273 g/mol. The molecule has 20 heavy (non-hydrogen) atoms. The van der Waals surface area contributed by atoms with Gasteiger partial charge in [-0.25, -0.2) is 0 Å². The summed E-state index contributed by atoms with van der Waals surface area (Å²) in [5.74, 6) is 0.953. The minimum atomic E-state index is 0.278. The number of methoxy groups -OCH3 is 1. The average Bonchev–Trinajstić information content (AvgIpc) is 2.86. The lowest BCUT2D eigenvalue weighted by molar-refractivity contribution is 0.398. The molecule has 0 aliphatic rings. The molecule has 0 saturated heterocycles. The van der Waals surface area contributed by atoms with E-state index in [1.165, 1.54) is 16.8 Å². The fraction of sp³-hybridized carbons (Fsp3) is 0.438. The molecule has 0 bridgehead atoms. The largest absolute Gasteiger partial charge is 0.496 e. The number of aromatic nitrogens is 2. The molecule has 1 atom stereocenters. The maximum absolute atomic E-state index is 5.51. The van der Waals surface area contributed by atoms with E-state index in [0.29, 0.717) is 0 Å². The Morgan fingerprint density at radius 2 is 2.15 bits per heavy atom. The summed E-state index contributed by atoms with van der Waals surface area (Å²) >= 11 is 0. The van der Waals surface area contributed by atoms with Crippen LogP contribution in [0.5, 0.6) is 5.75 Å². The van der Waals surface area contributed by atoms with Crippen LogP contribution in [0.2, 0.25) is 0 Å². The maximum Gasteiger partial charge on any atom is 0.123 e. The van der Waals surface area contributed by atoms with Crippen LogP contribution in [0.1, 0.15) is 29.3 Å². The average molecular weight is 273 g/mol. The predicted octanol–water partition coefficient (Wildman–Crippen LogP) is 2.63. The lowest BCUT2D eigenvalue weighted by Gasteiger charge is -2.20. The molecule has 0 amide bonds. The van der Waals surface area contributed by atoms with Crippen LogP contribution in [0, 0.1) is 6.92 Å². The van der Waals surface area contributed by atoms with Crippen molar-refractivity contribution in [3.63, 3.8) is 0 Å². The molecule has 0 fully saturated rings. The van der Waals surface area contributed by atoms with Crippen LogP contribution in [-0.4, -0.2) is 23.9 Å². The predicted molar refractivity (Wildman–Crippen MR) is 81.1 cm³/mol. The molecule has 2 rings (SSSR count). The number of hydrogen-bond donors (Lipinski definition) is 1. The van der Waals surface area contributed by atoms with Gasteiger partial charge in [-0.1, -0.05) is 12.1 Å². The molecule has 1 unspecified atom stereocenters. The molecule has 0 radical (unpaired) electrons. The van der Waals surface area contributed by atoms with E-state index in [0.717, 1.165) is 18.6 Å². The molecule has 2 aromatic rings. The number of ether oxygens (including phenoxy) is 1. The molecule has 1 aromatic heterocycles. The lowest BCUT2D eigenvalue weighted by Crippen LogP contribution is -2.18. The summed E-state index contributed by atoms with van der Waals surface area (Å²) in [5, 5.41) is 7.59. The lowest BCUT2D eigenvalue weighted by atomic mass is 9.99. The quantitative estimate of drug-likeness (QED) is 0.879. The Labute approximate surface area is 120 Å². The number of hydrogen-bond acceptors (Lipinski definition) is 3. The molecule has 1 aromatic carbocycles. The Hall–Kier alpha value is -1.81. The van der Waals surface area contributed by atoms with Gasteiger partial charge in [-0.3, -0.25) is 4.68 Å². The van der Waals surface area contributed by atoms with Gasteiger partial charge in [0.05, 0.1) is 7.11 Å². The molecule has 0 aliphatic carbocycles. The topological polar surface area (TPSA) is 39.1 Å². The van der Waals surface area contributed by atoms with Crippen LogP contribution in [-0.2, 0) is 13.5 Å². The summed E-state index contributed by atoms with van der Waals surface area (Å²) in [6, 6.07) is 8.72. The fourth-order valence-corrected chi connectivity index (χ4v) is 2.50. The fourth-order valence-electron chi connectivity index (χ4n) is 2.50. The highest BCUT2D eigenvalue weighted by atomic mass is 16.5. The Morgan fingerprint density at radius 3 is 2.75 bits per heavy atom. The van der Waals surface area contributed by atoms with Crippen molar-refractivity contribution in [1.82, 2.24) is 15.1 Å². The van der Waals surface area contributed by atoms with Crippen molar-refractivity contribution in [2.24, 2.45) is 7.05 Å². The Kier molecular flexibility index (Phi) is 4.79. The maximum atomic E-state index is 5.51. The van der Waals surface area contributed by atoms with E-state index in [2.05, 4.69) is 41.6 Å². The number of rotatable bonds is 6. The SMILES string of the molecule is CNC(CCc1ccnn1C)c1ccc(C)cc1OC. The van der Waals surface area contributed by atoms with Crippen LogP contribution in [0.25, 0.3) is 0 Å². The van der Waals surface area contributed by atoms with E-state index in [-0.39, 0.29) is 6.04 Å². The zero-order valence-corrected chi connectivity index (χ0v) is 12.7. The third-order valence-corrected chi connectivity index (χ3v) is 3.72. The smallest absolute Gasteiger partial charge is 0.123 e. The van der Waals surface area contributed by atoms with Crippen LogP contribution in [0.3, 0.4) is 0 Å². The first kappa shape index (κ1) is 14.6. The standard InChI is InChI=1S/C16H23N3O/c1-12-5-7-14(16(11-12)20-4)15(17-2)8-6-13-9-10-18-19(13)3/h5,7,9-11,15,17H,6,8H2,1-4H3. The first-order valence-electron chi connectivity index (χ1n) is 6.94. The first-order valence-corrected chi connectivity index (χ1v) is 6.94. The van der Waals surface area contributed by atoms with Crippen molar-refractivity contribution in [2.45, 2.75) is 25.8 Å². The number of aryl methyl sites for hydroxylation is 3. The highest BCUT2D eigenvalue weighted by molar-refractivity contribution is 5.39. The Balaban J connectivity index is 2.14. The summed E-state index contributed by atoms with van der Waals surface area (Å²) in [7, 11) is 5.70. The van der Waals surface area contributed by atoms with E-state index < -0.39 is 0 Å². The summed E-state index contributed by atoms with van der Waals surface area (Å²) in [6.07, 6.45) is 3.84. The zero-order valence-electron chi connectivity index (χ0n) is 12.7. The van der Waals surface area contributed by atoms with Crippen molar-refractivity contribution < 1.29 is 4.74 Å². The highest BCUT2D eigenvalue weighted by Gasteiger charge is 2.15. The van der Waals surface area contributed by atoms with Gasteiger partial charge in [-0.15, -0.1) is 0 Å². The van der Waals surface area contributed by atoms with E-state index in [1.807, 2.05) is 25.0 Å². The number of nitrogens with zero attached hydrogens (tertiary/aromatic N) is 2. The van der Waals surface area contributed by atoms with Crippen LogP contribution >= 0.6 is 0 Å². The van der Waals surface area contributed by atoms with Crippen LogP contribution in [0.15, 0.2) is 30.5 Å². The van der Waals surface area contributed by atoms with Crippen molar-refractivity contribution >= 4 is 0 Å². The molecular formula is C16H23N3O. The molecule has 4 heteroatoms. The van der Waals surface area contributed by atoms with E-state index >= 15 is 0 Å². The molecule has 108 valence electrons. The van der Waals surface area contributed by atoms with Crippen molar-refractivity contribution in [1.29, 1.82) is 0 Å². The Morgan fingerprint density at radius 1 is 1.35 bits per heavy atom. The summed E-state index contributed by atoms with van der Waals surface area (Å²) in [5.41, 5.74) is 3.67. The van der Waals surface area contributed by atoms with Crippen LogP contribution < -0.4 is 10.1 Å².